The quantitative estimate of drug-likeness (QED) is 0.844. The normalized spacial score (nSPS) is 10.5. The molecule has 1 heterocycles. The van der Waals surface area contributed by atoms with Crippen molar-refractivity contribution in [2.45, 2.75) is 13.8 Å². The van der Waals surface area contributed by atoms with Gasteiger partial charge in [-0.3, -0.25) is 4.79 Å². The number of carbonyl (C=O) groups excluding carboxylic acids is 1. The van der Waals surface area contributed by atoms with E-state index in [0.717, 1.165) is 5.56 Å². The molecule has 0 saturated heterocycles. The standard InChI is InChI=1S/C12H12ClN3O/c1-7-6-11(14)16(15-7)12(17)9-4-3-5-10(13)8(9)2/h3-6H,14H2,1-2H3. The number of nitrogens with zero attached hydrogens (tertiary/aromatic N) is 2. The summed E-state index contributed by atoms with van der Waals surface area (Å²) in [4.78, 5) is 12.2. The maximum Gasteiger partial charge on any atom is 0.280 e. The Kier molecular flexibility index (Phi) is 2.90. The van der Waals surface area contributed by atoms with Crippen molar-refractivity contribution < 1.29 is 4.79 Å². The summed E-state index contributed by atoms with van der Waals surface area (Å²) < 4.78 is 1.19. The first kappa shape index (κ1) is 11.7. The summed E-state index contributed by atoms with van der Waals surface area (Å²) in [5, 5.41) is 4.61. The van der Waals surface area contributed by atoms with E-state index < -0.39 is 0 Å². The van der Waals surface area contributed by atoms with E-state index in [9.17, 15) is 4.79 Å². The van der Waals surface area contributed by atoms with Crippen molar-refractivity contribution in [3.63, 3.8) is 0 Å². The number of anilines is 1. The zero-order valence-corrected chi connectivity index (χ0v) is 10.3. The van der Waals surface area contributed by atoms with Crippen molar-refractivity contribution in [3.05, 3.63) is 46.1 Å². The first-order chi connectivity index (χ1) is 8.00. The van der Waals surface area contributed by atoms with Gasteiger partial charge in [0.1, 0.15) is 5.82 Å². The summed E-state index contributed by atoms with van der Waals surface area (Å²) in [6.07, 6.45) is 0. The zero-order valence-electron chi connectivity index (χ0n) is 9.57. The smallest absolute Gasteiger partial charge is 0.280 e. The lowest BCUT2D eigenvalue weighted by molar-refractivity contribution is 0.0947. The van der Waals surface area contributed by atoms with Crippen LogP contribution in [0.3, 0.4) is 0 Å². The Bertz CT molecular complexity index is 589. The summed E-state index contributed by atoms with van der Waals surface area (Å²) in [6, 6.07) is 6.83. The topological polar surface area (TPSA) is 60.9 Å². The van der Waals surface area contributed by atoms with Crippen molar-refractivity contribution in [3.8, 4) is 0 Å². The molecule has 17 heavy (non-hydrogen) atoms. The van der Waals surface area contributed by atoms with Gasteiger partial charge in [-0.05, 0) is 31.5 Å². The number of carbonyl (C=O) groups is 1. The second-order valence-electron chi connectivity index (χ2n) is 3.84. The molecule has 1 aromatic heterocycles. The predicted octanol–water partition coefficient (Wildman–Crippen LogP) is 2.42. The van der Waals surface area contributed by atoms with Gasteiger partial charge in [-0.1, -0.05) is 17.7 Å². The highest BCUT2D eigenvalue weighted by molar-refractivity contribution is 6.31. The monoisotopic (exact) mass is 249 g/mol. The molecule has 88 valence electrons. The lowest BCUT2D eigenvalue weighted by Crippen LogP contribution is -2.17. The van der Waals surface area contributed by atoms with Crippen LogP contribution in [0.15, 0.2) is 24.3 Å². The number of hydrogen-bond donors (Lipinski definition) is 1. The molecule has 4 nitrogen and oxygen atoms in total. The Labute approximate surface area is 104 Å². The Morgan fingerprint density at radius 2 is 2.12 bits per heavy atom. The molecule has 5 heteroatoms. The second-order valence-corrected chi connectivity index (χ2v) is 4.25. The van der Waals surface area contributed by atoms with Gasteiger partial charge in [-0.15, -0.1) is 0 Å². The van der Waals surface area contributed by atoms with Crippen LogP contribution in [0.4, 0.5) is 5.82 Å². The number of nitrogen functional groups attached to an aromatic ring is 1. The van der Waals surface area contributed by atoms with Crippen LogP contribution in [0.5, 0.6) is 0 Å². The van der Waals surface area contributed by atoms with E-state index in [4.69, 9.17) is 17.3 Å². The van der Waals surface area contributed by atoms with Crippen molar-refractivity contribution >= 4 is 23.3 Å². The largest absolute Gasteiger partial charge is 0.383 e. The average molecular weight is 250 g/mol. The summed E-state index contributed by atoms with van der Waals surface area (Å²) in [5.74, 6) is 0.0578. The highest BCUT2D eigenvalue weighted by Crippen LogP contribution is 2.20. The molecule has 0 spiro atoms. The molecule has 0 aliphatic rings. The molecule has 0 atom stereocenters. The Hall–Kier alpha value is -1.81. The predicted molar refractivity (Wildman–Crippen MR) is 67.3 cm³/mol. The average Bonchev–Trinajstić information content (AvgIpc) is 2.61. The zero-order chi connectivity index (χ0) is 12.6. The van der Waals surface area contributed by atoms with Crippen LogP contribution >= 0.6 is 11.6 Å². The van der Waals surface area contributed by atoms with Crippen LogP contribution in [0, 0.1) is 13.8 Å². The lowest BCUT2D eigenvalue weighted by atomic mass is 10.1. The van der Waals surface area contributed by atoms with E-state index in [1.165, 1.54) is 4.68 Å². The van der Waals surface area contributed by atoms with E-state index in [2.05, 4.69) is 5.10 Å². The van der Waals surface area contributed by atoms with Crippen LogP contribution in [-0.2, 0) is 0 Å². The van der Waals surface area contributed by atoms with Gasteiger partial charge in [0, 0.05) is 16.7 Å². The van der Waals surface area contributed by atoms with Crippen LogP contribution in [0.1, 0.15) is 21.6 Å². The molecule has 0 radical (unpaired) electrons. The van der Waals surface area contributed by atoms with E-state index in [1.807, 2.05) is 0 Å². The fraction of sp³-hybridized carbons (Fsp3) is 0.167. The lowest BCUT2D eigenvalue weighted by Gasteiger charge is -2.07. The second kappa shape index (κ2) is 4.22. The van der Waals surface area contributed by atoms with E-state index in [1.54, 1.807) is 38.1 Å². The van der Waals surface area contributed by atoms with Gasteiger partial charge in [0.2, 0.25) is 0 Å². The Morgan fingerprint density at radius 3 is 2.71 bits per heavy atom. The molecule has 2 aromatic rings. The molecule has 0 aliphatic carbocycles. The summed E-state index contributed by atoms with van der Waals surface area (Å²) in [5.41, 5.74) is 7.65. The third-order valence-corrected chi connectivity index (χ3v) is 2.96. The van der Waals surface area contributed by atoms with Gasteiger partial charge < -0.3 is 5.73 Å². The molecule has 0 bridgehead atoms. The van der Waals surface area contributed by atoms with Gasteiger partial charge in [0.25, 0.3) is 5.91 Å². The molecule has 0 fully saturated rings. The van der Waals surface area contributed by atoms with Crippen molar-refractivity contribution in [1.29, 1.82) is 0 Å². The molecule has 1 aromatic carbocycles. The molecule has 0 amide bonds. The minimum Gasteiger partial charge on any atom is -0.383 e. The first-order valence-electron chi connectivity index (χ1n) is 5.12. The van der Waals surface area contributed by atoms with Crippen LogP contribution in [-0.4, -0.2) is 15.7 Å². The molecule has 0 saturated carbocycles. The van der Waals surface area contributed by atoms with Crippen molar-refractivity contribution in [2.24, 2.45) is 0 Å². The Balaban J connectivity index is 2.51. The van der Waals surface area contributed by atoms with Gasteiger partial charge in [0.15, 0.2) is 0 Å². The summed E-state index contributed by atoms with van der Waals surface area (Å²) >= 11 is 5.98. The fourth-order valence-electron chi connectivity index (χ4n) is 1.64. The maximum absolute atomic E-state index is 12.2. The number of nitrogens with two attached hydrogens (primary N) is 1. The van der Waals surface area contributed by atoms with Gasteiger partial charge in [-0.2, -0.15) is 9.78 Å². The minimum atomic E-state index is -0.268. The summed E-state index contributed by atoms with van der Waals surface area (Å²) in [7, 11) is 0. The van der Waals surface area contributed by atoms with Crippen molar-refractivity contribution in [1.82, 2.24) is 9.78 Å². The number of aryl methyl sites for hydroxylation is 1. The van der Waals surface area contributed by atoms with Crippen LogP contribution in [0.25, 0.3) is 0 Å². The number of rotatable bonds is 1. The molecule has 0 unspecified atom stereocenters. The highest BCUT2D eigenvalue weighted by Gasteiger charge is 2.16. The molecular formula is C12H12ClN3O. The third kappa shape index (κ3) is 2.03. The van der Waals surface area contributed by atoms with Crippen LogP contribution < -0.4 is 5.73 Å². The van der Waals surface area contributed by atoms with Gasteiger partial charge in [-0.25, -0.2) is 0 Å². The SMILES string of the molecule is Cc1cc(N)n(C(=O)c2cccc(Cl)c2C)n1. The van der Waals surface area contributed by atoms with Gasteiger partial charge in [0.05, 0.1) is 5.69 Å². The van der Waals surface area contributed by atoms with Crippen LogP contribution in [0.2, 0.25) is 5.02 Å². The van der Waals surface area contributed by atoms with Gasteiger partial charge >= 0.3 is 0 Å². The number of hydrogen-bond acceptors (Lipinski definition) is 3. The number of halogens is 1. The highest BCUT2D eigenvalue weighted by atomic mass is 35.5. The maximum atomic E-state index is 12.2. The number of aromatic nitrogens is 2. The Morgan fingerprint density at radius 1 is 1.41 bits per heavy atom. The van der Waals surface area contributed by atoms with E-state index >= 15 is 0 Å². The minimum absolute atomic E-state index is 0.268. The van der Waals surface area contributed by atoms with Crippen molar-refractivity contribution in [2.75, 3.05) is 5.73 Å². The molecular weight excluding hydrogens is 238 g/mol. The summed E-state index contributed by atoms with van der Waals surface area (Å²) in [6.45, 7) is 3.58. The number of benzene rings is 1. The first-order valence-corrected chi connectivity index (χ1v) is 5.50. The molecule has 0 aliphatic heterocycles. The molecule has 2 N–H and O–H groups in total. The third-order valence-electron chi connectivity index (χ3n) is 2.55. The molecule has 2 rings (SSSR count). The van der Waals surface area contributed by atoms with E-state index in [0.29, 0.717) is 22.1 Å². The fourth-order valence-corrected chi connectivity index (χ4v) is 1.81. The van der Waals surface area contributed by atoms with E-state index in [-0.39, 0.29) is 5.91 Å².